The Labute approximate surface area is 82.0 Å². The topological polar surface area (TPSA) is 0 Å². The van der Waals surface area contributed by atoms with Gasteiger partial charge >= 0.3 is 0 Å². The summed E-state index contributed by atoms with van der Waals surface area (Å²) in [7, 11) is 0. The molecule has 1 heteroatoms. The van der Waals surface area contributed by atoms with Gasteiger partial charge in [-0.15, -0.1) is 11.6 Å². The van der Waals surface area contributed by atoms with Crippen LogP contribution in [0.15, 0.2) is 11.6 Å². The molecule has 0 aromatic rings. The Balaban J connectivity index is 4.44. The van der Waals surface area contributed by atoms with Gasteiger partial charge in [-0.2, -0.15) is 0 Å². The van der Waals surface area contributed by atoms with Crippen LogP contribution in [0.5, 0.6) is 0 Å². The molecule has 0 aliphatic carbocycles. The third-order valence-corrected chi connectivity index (χ3v) is 2.55. The van der Waals surface area contributed by atoms with Gasteiger partial charge in [0.1, 0.15) is 0 Å². The first kappa shape index (κ1) is 12.0. The predicted octanol–water partition coefficient (Wildman–Crippen LogP) is 4.39. The van der Waals surface area contributed by atoms with E-state index >= 15 is 0 Å². The monoisotopic (exact) mass is 188 g/mol. The lowest BCUT2D eigenvalue weighted by atomic mass is 9.84. The lowest BCUT2D eigenvalue weighted by Crippen LogP contribution is -2.10. The molecule has 0 aliphatic rings. The van der Waals surface area contributed by atoms with Crippen LogP contribution in [0.1, 0.15) is 47.5 Å². The first-order valence-electron chi connectivity index (χ1n) is 4.77. The first-order chi connectivity index (χ1) is 5.41. The quantitative estimate of drug-likeness (QED) is 0.456. The van der Waals surface area contributed by atoms with Crippen molar-refractivity contribution in [2.24, 2.45) is 5.41 Å². The van der Waals surface area contributed by atoms with E-state index in [1.165, 1.54) is 5.57 Å². The van der Waals surface area contributed by atoms with Crippen LogP contribution in [-0.2, 0) is 0 Å². The lowest BCUT2D eigenvalue weighted by Gasteiger charge is -2.23. The van der Waals surface area contributed by atoms with Crippen LogP contribution in [0.4, 0.5) is 0 Å². The molecule has 0 radical (unpaired) electrons. The maximum Gasteiger partial charge on any atom is 0.0516 e. The molecule has 72 valence electrons. The van der Waals surface area contributed by atoms with E-state index in [9.17, 15) is 0 Å². The summed E-state index contributed by atoms with van der Waals surface area (Å²) in [4.78, 5) is 0. The molecule has 0 heterocycles. The van der Waals surface area contributed by atoms with Gasteiger partial charge in [0, 0.05) is 0 Å². The van der Waals surface area contributed by atoms with Crippen molar-refractivity contribution in [1.29, 1.82) is 0 Å². The summed E-state index contributed by atoms with van der Waals surface area (Å²) >= 11 is 6.07. The first-order valence-corrected chi connectivity index (χ1v) is 5.20. The van der Waals surface area contributed by atoms with Gasteiger partial charge in [-0.1, -0.05) is 46.3 Å². The number of allylic oxidation sites excluding steroid dienone is 2. The van der Waals surface area contributed by atoms with Crippen LogP contribution in [0, 0.1) is 5.41 Å². The average molecular weight is 189 g/mol. The summed E-state index contributed by atoms with van der Waals surface area (Å²) in [5.41, 5.74) is 1.74. The molecule has 0 spiro atoms. The van der Waals surface area contributed by atoms with Gasteiger partial charge in [0.2, 0.25) is 0 Å². The Kier molecular flexibility index (Phi) is 4.92. The van der Waals surface area contributed by atoms with E-state index in [2.05, 4.69) is 40.7 Å². The lowest BCUT2D eigenvalue weighted by molar-refractivity contribution is 0.485. The van der Waals surface area contributed by atoms with E-state index in [1.807, 2.05) is 0 Å². The number of rotatable bonds is 3. The highest BCUT2D eigenvalue weighted by Gasteiger charge is 2.15. The Hall–Kier alpha value is 0.0300. The maximum absolute atomic E-state index is 6.07. The van der Waals surface area contributed by atoms with Gasteiger partial charge in [-0.25, -0.2) is 0 Å². The molecule has 1 unspecified atom stereocenters. The van der Waals surface area contributed by atoms with Crippen LogP contribution in [0.3, 0.4) is 0 Å². The fraction of sp³-hybridized carbons (Fsp3) is 0.818. The highest BCUT2D eigenvalue weighted by molar-refractivity contribution is 6.21. The average Bonchev–Trinajstić information content (AvgIpc) is 1.97. The molecule has 1 atom stereocenters. The molecule has 0 aliphatic heterocycles. The Morgan fingerprint density at radius 3 is 2.08 bits per heavy atom. The Bertz CT molecular complexity index is 151. The molecule has 0 fully saturated rings. The predicted molar refractivity (Wildman–Crippen MR) is 57.8 cm³/mol. The normalized spacial score (nSPS) is 16.3. The van der Waals surface area contributed by atoms with E-state index in [0.717, 1.165) is 12.8 Å². The zero-order valence-corrected chi connectivity index (χ0v) is 9.70. The van der Waals surface area contributed by atoms with Gasteiger partial charge in [0.15, 0.2) is 0 Å². The largest absolute Gasteiger partial charge is 0.118 e. The molecule has 0 bridgehead atoms. The SMILES string of the molecule is CC/C(=C\C(Cl)CC)C(C)(C)C. The number of halogens is 1. The Morgan fingerprint density at radius 2 is 1.83 bits per heavy atom. The van der Waals surface area contributed by atoms with Crippen LogP contribution in [0.2, 0.25) is 0 Å². The number of alkyl halides is 1. The van der Waals surface area contributed by atoms with Crippen molar-refractivity contribution in [3.63, 3.8) is 0 Å². The summed E-state index contributed by atoms with van der Waals surface area (Å²) in [5, 5.41) is 0.208. The summed E-state index contributed by atoms with van der Waals surface area (Å²) in [5.74, 6) is 0. The fourth-order valence-electron chi connectivity index (χ4n) is 1.23. The van der Waals surface area contributed by atoms with Crippen molar-refractivity contribution in [2.45, 2.75) is 52.8 Å². The molecule has 0 saturated carbocycles. The second-order valence-corrected chi connectivity index (χ2v) is 4.78. The van der Waals surface area contributed by atoms with Gasteiger partial charge in [0.25, 0.3) is 0 Å². The fourth-order valence-corrected chi connectivity index (χ4v) is 1.39. The minimum absolute atomic E-state index is 0.208. The zero-order valence-electron chi connectivity index (χ0n) is 8.95. The minimum atomic E-state index is 0.208. The summed E-state index contributed by atoms with van der Waals surface area (Å²) in [6.07, 6.45) is 4.33. The Morgan fingerprint density at radius 1 is 1.33 bits per heavy atom. The molecule has 0 saturated heterocycles. The molecule has 0 rings (SSSR count). The van der Waals surface area contributed by atoms with Crippen LogP contribution < -0.4 is 0 Å². The van der Waals surface area contributed by atoms with Crippen LogP contribution >= 0.6 is 11.6 Å². The van der Waals surface area contributed by atoms with Crippen molar-refractivity contribution in [1.82, 2.24) is 0 Å². The van der Waals surface area contributed by atoms with Crippen LogP contribution in [-0.4, -0.2) is 5.38 Å². The molecule has 0 N–H and O–H groups in total. The molecule has 0 aromatic carbocycles. The van der Waals surface area contributed by atoms with E-state index in [4.69, 9.17) is 11.6 Å². The third-order valence-electron chi connectivity index (χ3n) is 2.12. The summed E-state index contributed by atoms with van der Waals surface area (Å²) in [6, 6.07) is 0. The molecule has 0 amide bonds. The van der Waals surface area contributed by atoms with Gasteiger partial charge < -0.3 is 0 Å². The smallest absolute Gasteiger partial charge is 0.0516 e. The van der Waals surface area contributed by atoms with Crippen molar-refractivity contribution in [3.8, 4) is 0 Å². The van der Waals surface area contributed by atoms with E-state index in [-0.39, 0.29) is 10.8 Å². The van der Waals surface area contributed by atoms with Crippen molar-refractivity contribution in [3.05, 3.63) is 11.6 Å². The van der Waals surface area contributed by atoms with Gasteiger partial charge in [-0.05, 0) is 18.3 Å². The number of hydrogen-bond acceptors (Lipinski definition) is 0. The summed E-state index contributed by atoms with van der Waals surface area (Å²) < 4.78 is 0. The van der Waals surface area contributed by atoms with Crippen molar-refractivity contribution < 1.29 is 0 Å². The highest BCUT2D eigenvalue weighted by Crippen LogP contribution is 2.28. The standard InChI is InChI=1S/C11H21Cl/c1-6-9(11(3,4)5)8-10(12)7-2/h8,10H,6-7H2,1-5H3/b9-8+. The molecular formula is C11H21Cl. The van der Waals surface area contributed by atoms with Gasteiger partial charge in [0.05, 0.1) is 5.38 Å². The highest BCUT2D eigenvalue weighted by atomic mass is 35.5. The minimum Gasteiger partial charge on any atom is -0.118 e. The van der Waals surface area contributed by atoms with Crippen molar-refractivity contribution in [2.75, 3.05) is 0 Å². The van der Waals surface area contributed by atoms with E-state index < -0.39 is 0 Å². The molecule has 0 nitrogen and oxygen atoms in total. The van der Waals surface area contributed by atoms with E-state index in [1.54, 1.807) is 0 Å². The van der Waals surface area contributed by atoms with Crippen LogP contribution in [0.25, 0.3) is 0 Å². The molecule has 0 aromatic heterocycles. The maximum atomic E-state index is 6.07. The molecular weight excluding hydrogens is 168 g/mol. The van der Waals surface area contributed by atoms with E-state index in [0.29, 0.717) is 0 Å². The zero-order chi connectivity index (χ0) is 9.78. The van der Waals surface area contributed by atoms with Crippen molar-refractivity contribution >= 4 is 11.6 Å². The summed E-state index contributed by atoms with van der Waals surface area (Å²) in [6.45, 7) is 11.0. The number of hydrogen-bond donors (Lipinski definition) is 0. The van der Waals surface area contributed by atoms with Gasteiger partial charge in [-0.3, -0.25) is 0 Å². The second-order valence-electron chi connectivity index (χ2n) is 4.22. The third kappa shape index (κ3) is 4.15. The second kappa shape index (κ2) is 4.91. The molecule has 12 heavy (non-hydrogen) atoms.